The minimum Gasteiger partial charge on any atom is -0.398 e. The minimum absolute atomic E-state index is 0.740. The van der Waals surface area contributed by atoms with Gasteiger partial charge in [0.2, 0.25) is 0 Å². The van der Waals surface area contributed by atoms with Crippen LogP contribution in [0, 0.1) is 0 Å². The Morgan fingerprint density at radius 3 is 2.88 bits per heavy atom. The summed E-state index contributed by atoms with van der Waals surface area (Å²) >= 11 is 1.55. The number of rotatable bonds is 2. The number of anilines is 1. The summed E-state index contributed by atoms with van der Waals surface area (Å²) < 4.78 is 0. The predicted octanol–water partition coefficient (Wildman–Crippen LogP) is 2.78. The van der Waals surface area contributed by atoms with E-state index in [9.17, 15) is 0 Å². The fraction of sp³-hybridized carbons (Fsp3) is 0. The average Bonchev–Trinajstić information content (AvgIpc) is 3.00. The number of hydrogen-bond donors (Lipinski definition) is 2. The van der Waals surface area contributed by atoms with E-state index in [2.05, 4.69) is 15.0 Å². The van der Waals surface area contributed by atoms with Crippen molar-refractivity contribution in [2.45, 2.75) is 0 Å². The van der Waals surface area contributed by atoms with Gasteiger partial charge in [0, 0.05) is 29.0 Å². The number of nitrogens with two attached hydrogens (primary N) is 1. The Balaban J connectivity index is 2.04. The second-order valence-corrected chi connectivity index (χ2v) is 4.42. The van der Waals surface area contributed by atoms with E-state index in [1.165, 1.54) is 0 Å². The van der Waals surface area contributed by atoms with Crippen LogP contribution in [0.3, 0.4) is 0 Å². The number of H-pyrrole nitrogens is 1. The molecule has 0 aliphatic carbocycles. The molecule has 5 heteroatoms. The first-order valence-corrected chi connectivity index (χ1v) is 6.03. The molecule has 17 heavy (non-hydrogen) atoms. The average molecular weight is 242 g/mol. The highest BCUT2D eigenvalue weighted by Crippen LogP contribution is 2.29. The molecule has 3 N–H and O–H groups in total. The number of para-hydroxylation sites is 1. The van der Waals surface area contributed by atoms with Gasteiger partial charge in [-0.3, -0.25) is 0 Å². The lowest BCUT2D eigenvalue weighted by atomic mass is 10.1. The Kier molecular flexibility index (Phi) is 2.38. The molecule has 0 amide bonds. The predicted molar refractivity (Wildman–Crippen MR) is 69.5 cm³/mol. The molecule has 0 saturated carbocycles. The first-order chi connectivity index (χ1) is 8.34. The van der Waals surface area contributed by atoms with Crippen LogP contribution in [0.2, 0.25) is 0 Å². The number of nitrogens with zero attached hydrogens (tertiary/aromatic N) is 2. The Bertz CT molecular complexity index is 628. The van der Waals surface area contributed by atoms with Crippen molar-refractivity contribution >= 4 is 17.0 Å². The molecule has 3 aromatic rings. The van der Waals surface area contributed by atoms with E-state index in [1.54, 1.807) is 23.7 Å². The summed E-state index contributed by atoms with van der Waals surface area (Å²) in [5.41, 5.74) is 8.51. The van der Waals surface area contributed by atoms with Crippen molar-refractivity contribution in [3.63, 3.8) is 0 Å². The van der Waals surface area contributed by atoms with Crippen molar-refractivity contribution in [2.75, 3.05) is 5.73 Å². The standard InChI is InChI=1S/C12H10N4S/c13-9-4-2-1-3-8(9)10-7-17-12(16-10)11-14-5-6-15-11/h1-7H,13H2,(H,14,15). The minimum atomic E-state index is 0.740. The van der Waals surface area contributed by atoms with Crippen LogP contribution in [0.1, 0.15) is 0 Å². The number of nitrogen functional groups attached to an aromatic ring is 1. The molecular formula is C12H10N4S. The van der Waals surface area contributed by atoms with E-state index in [1.807, 2.05) is 29.6 Å². The molecule has 4 nitrogen and oxygen atoms in total. The van der Waals surface area contributed by atoms with E-state index in [4.69, 9.17) is 5.73 Å². The monoisotopic (exact) mass is 242 g/mol. The fourth-order valence-electron chi connectivity index (χ4n) is 1.62. The van der Waals surface area contributed by atoms with Gasteiger partial charge in [0.25, 0.3) is 0 Å². The van der Waals surface area contributed by atoms with Crippen LogP contribution < -0.4 is 5.73 Å². The first kappa shape index (κ1) is 10.0. The van der Waals surface area contributed by atoms with Gasteiger partial charge in [0.1, 0.15) is 0 Å². The zero-order valence-corrected chi connectivity index (χ0v) is 9.74. The second kappa shape index (κ2) is 4.03. The fourth-order valence-corrected chi connectivity index (χ4v) is 2.40. The highest BCUT2D eigenvalue weighted by Gasteiger charge is 2.09. The van der Waals surface area contributed by atoms with Gasteiger partial charge >= 0.3 is 0 Å². The van der Waals surface area contributed by atoms with Crippen molar-refractivity contribution in [1.29, 1.82) is 0 Å². The van der Waals surface area contributed by atoms with Crippen molar-refractivity contribution in [2.24, 2.45) is 0 Å². The summed E-state index contributed by atoms with van der Waals surface area (Å²) in [5, 5.41) is 2.86. The van der Waals surface area contributed by atoms with E-state index in [0.29, 0.717) is 0 Å². The molecule has 0 unspecified atom stereocenters. The van der Waals surface area contributed by atoms with E-state index in [-0.39, 0.29) is 0 Å². The van der Waals surface area contributed by atoms with Crippen molar-refractivity contribution in [3.05, 3.63) is 42.0 Å². The molecule has 2 heterocycles. The van der Waals surface area contributed by atoms with Gasteiger partial charge in [0.15, 0.2) is 10.8 Å². The lowest BCUT2D eigenvalue weighted by Crippen LogP contribution is -1.89. The number of thiazole rings is 1. The summed E-state index contributed by atoms with van der Waals surface area (Å²) in [6.45, 7) is 0. The van der Waals surface area contributed by atoms with E-state index >= 15 is 0 Å². The Morgan fingerprint density at radius 2 is 2.12 bits per heavy atom. The first-order valence-electron chi connectivity index (χ1n) is 5.15. The van der Waals surface area contributed by atoms with Crippen molar-refractivity contribution in [3.8, 4) is 22.1 Å². The van der Waals surface area contributed by atoms with Gasteiger partial charge in [-0.25, -0.2) is 9.97 Å². The van der Waals surface area contributed by atoms with E-state index in [0.717, 1.165) is 27.8 Å². The summed E-state index contributed by atoms with van der Waals surface area (Å²) in [7, 11) is 0. The van der Waals surface area contributed by atoms with Gasteiger partial charge < -0.3 is 10.7 Å². The lowest BCUT2D eigenvalue weighted by molar-refractivity contribution is 1.27. The number of aromatic nitrogens is 3. The van der Waals surface area contributed by atoms with Crippen LogP contribution >= 0.6 is 11.3 Å². The maximum Gasteiger partial charge on any atom is 0.166 e. The van der Waals surface area contributed by atoms with E-state index < -0.39 is 0 Å². The van der Waals surface area contributed by atoms with Gasteiger partial charge in [0.05, 0.1) is 5.69 Å². The third-order valence-electron chi connectivity index (χ3n) is 2.44. The Labute approximate surface area is 102 Å². The van der Waals surface area contributed by atoms with Crippen LogP contribution in [0.4, 0.5) is 5.69 Å². The molecular weight excluding hydrogens is 232 g/mol. The van der Waals surface area contributed by atoms with Crippen LogP contribution in [-0.2, 0) is 0 Å². The Morgan fingerprint density at radius 1 is 1.24 bits per heavy atom. The van der Waals surface area contributed by atoms with Crippen LogP contribution in [0.15, 0.2) is 42.0 Å². The normalized spacial score (nSPS) is 10.6. The van der Waals surface area contributed by atoms with Crippen molar-refractivity contribution in [1.82, 2.24) is 15.0 Å². The maximum absolute atomic E-state index is 5.92. The second-order valence-electron chi connectivity index (χ2n) is 3.56. The number of benzene rings is 1. The zero-order chi connectivity index (χ0) is 11.7. The summed E-state index contributed by atoms with van der Waals surface area (Å²) in [6.07, 6.45) is 3.50. The summed E-state index contributed by atoms with van der Waals surface area (Å²) in [6, 6.07) is 7.72. The summed E-state index contributed by atoms with van der Waals surface area (Å²) in [5.74, 6) is 0.788. The zero-order valence-electron chi connectivity index (χ0n) is 8.92. The van der Waals surface area contributed by atoms with Crippen molar-refractivity contribution < 1.29 is 0 Å². The lowest BCUT2D eigenvalue weighted by Gasteiger charge is -2.00. The number of aromatic amines is 1. The van der Waals surface area contributed by atoms with Gasteiger partial charge in [-0.05, 0) is 6.07 Å². The van der Waals surface area contributed by atoms with Gasteiger partial charge in [-0.15, -0.1) is 11.3 Å². The molecule has 0 fully saturated rings. The molecule has 1 aromatic carbocycles. The third kappa shape index (κ3) is 1.81. The topological polar surface area (TPSA) is 67.6 Å². The molecule has 0 atom stereocenters. The number of hydrogen-bond acceptors (Lipinski definition) is 4. The van der Waals surface area contributed by atoms with Crippen LogP contribution in [-0.4, -0.2) is 15.0 Å². The molecule has 0 radical (unpaired) electrons. The molecule has 0 aliphatic rings. The molecule has 2 aromatic heterocycles. The maximum atomic E-state index is 5.92. The highest BCUT2D eigenvalue weighted by atomic mass is 32.1. The third-order valence-corrected chi connectivity index (χ3v) is 3.29. The Hall–Kier alpha value is -2.14. The number of imidazole rings is 1. The highest BCUT2D eigenvalue weighted by molar-refractivity contribution is 7.13. The van der Waals surface area contributed by atoms with Crippen LogP contribution in [0.5, 0.6) is 0 Å². The molecule has 3 rings (SSSR count). The van der Waals surface area contributed by atoms with Gasteiger partial charge in [-0.1, -0.05) is 18.2 Å². The molecule has 0 bridgehead atoms. The molecule has 0 saturated heterocycles. The van der Waals surface area contributed by atoms with Crippen LogP contribution in [0.25, 0.3) is 22.1 Å². The summed E-state index contributed by atoms with van der Waals surface area (Å²) in [4.78, 5) is 11.7. The number of nitrogens with one attached hydrogen (secondary N) is 1. The smallest absolute Gasteiger partial charge is 0.166 e. The largest absolute Gasteiger partial charge is 0.398 e. The molecule has 0 aliphatic heterocycles. The van der Waals surface area contributed by atoms with Gasteiger partial charge in [-0.2, -0.15) is 0 Å². The molecule has 0 spiro atoms. The molecule has 84 valence electrons. The quantitative estimate of drug-likeness (QED) is 0.679. The SMILES string of the molecule is Nc1ccccc1-c1csc(-c2ncc[nH]2)n1.